The van der Waals surface area contributed by atoms with Crippen molar-refractivity contribution in [3.05, 3.63) is 47.9 Å². The van der Waals surface area contributed by atoms with Crippen LogP contribution in [0, 0.1) is 0 Å². The van der Waals surface area contributed by atoms with Crippen molar-refractivity contribution in [1.82, 2.24) is 14.5 Å². The summed E-state index contributed by atoms with van der Waals surface area (Å²) in [6.45, 7) is 2.82. The lowest BCUT2D eigenvalue weighted by molar-refractivity contribution is -0.137. The van der Waals surface area contributed by atoms with E-state index in [1.54, 1.807) is 34.9 Å². The monoisotopic (exact) mass is 411 g/mol. The van der Waals surface area contributed by atoms with E-state index < -0.39 is 11.7 Å². The molecule has 1 amide bonds. The average Bonchev–Trinajstić information content (AvgIpc) is 3.27. The second kappa shape index (κ2) is 8.30. The molecule has 0 aliphatic heterocycles. The molecular formula is C19H20F3N3O2S. The van der Waals surface area contributed by atoms with Crippen LogP contribution in [-0.4, -0.2) is 33.2 Å². The van der Waals surface area contributed by atoms with E-state index in [2.05, 4.69) is 4.98 Å². The highest BCUT2D eigenvalue weighted by atomic mass is 32.2. The number of imidazole rings is 1. The molecule has 2 aromatic heterocycles. The lowest BCUT2D eigenvalue weighted by Crippen LogP contribution is -2.27. The Hall–Kier alpha value is -2.42. The number of furan rings is 1. The van der Waals surface area contributed by atoms with Crippen LogP contribution < -0.4 is 0 Å². The minimum Gasteiger partial charge on any atom is -0.467 e. The molecule has 0 saturated heterocycles. The Morgan fingerprint density at radius 1 is 1.32 bits per heavy atom. The van der Waals surface area contributed by atoms with Crippen molar-refractivity contribution in [3.8, 4) is 0 Å². The van der Waals surface area contributed by atoms with Crippen molar-refractivity contribution < 1.29 is 22.4 Å². The lowest BCUT2D eigenvalue weighted by Gasteiger charge is -2.15. The van der Waals surface area contributed by atoms with Gasteiger partial charge in [0.05, 0.1) is 35.2 Å². The van der Waals surface area contributed by atoms with Gasteiger partial charge < -0.3 is 13.9 Å². The van der Waals surface area contributed by atoms with Gasteiger partial charge >= 0.3 is 6.18 Å². The normalized spacial score (nSPS) is 11.9. The van der Waals surface area contributed by atoms with Crippen LogP contribution in [0.25, 0.3) is 11.0 Å². The number of carbonyl (C=O) groups excluding carboxylic acids is 1. The zero-order valence-corrected chi connectivity index (χ0v) is 16.3. The molecule has 0 radical (unpaired) electrons. The molecule has 0 aliphatic carbocycles. The number of fused-ring (bicyclic) bond motifs is 1. The largest absolute Gasteiger partial charge is 0.467 e. The summed E-state index contributed by atoms with van der Waals surface area (Å²) in [5.41, 5.74) is 0.207. The molecule has 28 heavy (non-hydrogen) atoms. The molecular weight excluding hydrogens is 391 g/mol. The Labute approximate surface area is 164 Å². The molecule has 1 aromatic carbocycles. The van der Waals surface area contributed by atoms with E-state index in [0.29, 0.717) is 35.0 Å². The molecule has 0 fully saturated rings. The molecule has 0 aliphatic rings. The van der Waals surface area contributed by atoms with Crippen LogP contribution in [0.4, 0.5) is 13.2 Å². The third-order valence-electron chi connectivity index (χ3n) is 4.21. The number of halogens is 3. The predicted molar refractivity (Wildman–Crippen MR) is 101 cm³/mol. The van der Waals surface area contributed by atoms with Crippen molar-refractivity contribution >= 4 is 28.7 Å². The Morgan fingerprint density at radius 2 is 2.11 bits per heavy atom. The van der Waals surface area contributed by atoms with Crippen LogP contribution in [0.3, 0.4) is 0 Å². The summed E-state index contributed by atoms with van der Waals surface area (Å²) in [6.07, 6.45) is -2.13. The second-order valence-electron chi connectivity index (χ2n) is 6.37. The van der Waals surface area contributed by atoms with Crippen molar-refractivity contribution in [2.45, 2.75) is 37.8 Å². The van der Waals surface area contributed by atoms with Crippen molar-refractivity contribution in [1.29, 1.82) is 0 Å². The molecule has 3 aromatic rings. The molecule has 0 bridgehead atoms. The van der Waals surface area contributed by atoms with Crippen LogP contribution in [0.1, 0.15) is 24.7 Å². The van der Waals surface area contributed by atoms with E-state index in [1.165, 1.54) is 17.8 Å². The summed E-state index contributed by atoms with van der Waals surface area (Å²) < 4.78 is 46.1. The minimum atomic E-state index is -4.41. The smallest absolute Gasteiger partial charge is 0.416 e. The first kappa shape index (κ1) is 20.3. The molecule has 0 saturated carbocycles. The van der Waals surface area contributed by atoms with Crippen LogP contribution in [0.5, 0.6) is 0 Å². The Morgan fingerprint density at radius 3 is 2.75 bits per heavy atom. The number of nitrogens with zero attached hydrogens (tertiary/aromatic N) is 3. The maximum atomic E-state index is 13.0. The first-order valence-electron chi connectivity index (χ1n) is 8.76. The topological polar surface area (TPSA) is 51.3 Å². The van der Waals surface area contributed by atoms with Gasteiger partial charge in [-0.15, -0.1) is 0 Å². The van der Waals surface area contributed by atoms with E-state index in [9.17, 15) is 18.0 Å². The number of aromatic nitrogens is 2. The SMILES string of the molecule is CCCn1c(SCC(=O)N(C)Cc2ccco2)nc2ccc(C(F)(F)F)cc21. The van der Waals surface area contributed by atoms with Crippen LogP contribution >= 0.6 is 11.8 Å². The van der Waals surface area contributed by atoms with Gasteiger partial charge in [0.2, 0.25) is 5.91 Å². The molecule has 2 heterocycles. The number of carbonyl (C=O) groups is 1. The maximum Gasteiger partial charge on any atom is 0.416 e. The van der Waals surface area contributed by atoms with E-state index in [0.717, 1.165) is 18.6 Å². The molecule has 5 nitrogen and oxygen atoms in total. The van der Waals surface area contributed by atoms with Gasteiger partial charge in [0.25, 0.3) is 0 Å². The number of hydrogen-bond donors (Lipinski definition) is 0. The third kappa shape index (κ3) is 4.52. The first-order valence-corrected chi connectivity index (χ1v) is 9.74. The van der Waals surface area contributed by atoms with Crippen molar-refractivity contribution in [2.24, 2.45) is 0 Å². The molecule has 0 spiro atoms. The number of thioether (sulfide) groups is 1. The van der Waals surface area contributed by atoms with Gasteiger partial charge in [-0.1, -0.05) is 18.7 Å². The highest BCUT2D eigenvalue weighted by Gasteiger charge is 2.31. The summed E-state index contributed by atoms with van der Waals surface area (Å²) in [7, 11) is 1.68. The quantitative estimate of drug-likeness (QED) is 0.524. The predicted octanol–water partition coefficient (Wildman–Crippen LogP) is 4.81. The Balaban J connectivity index is 1.78. The summed E-state index contributed by atoms with van der Waals surface area (Å²) in [4.78, 5) is 18.4. The number of alkyl halides is 3. The molecule has 0 N–H and O–H groups in total. The zero-order valence-electron chi connectivity index (χ0n) is 15.5. The summed E-state index contributed by atoms with van der Waals surface area (Å²) >= 11 is 1.22. The summed E-state index contributed by atoms with van der Waals surface area (Å²) in [6, 6.07) is 7.06. The van der Waals surface area contributed by atoms with Crippen molar-refractivity contribution in [3.63, 3.8) is 0 Å². The lowest BCUT2D eigenvalue weighted by atomic mass is 10.2. The maximum absolute atomic E-state index is 13.0. The van der Waals surface area contributed by atoms with E-state index in [1.807, 2.05) is 6.92 Å². The van der Waals surface area contributed by atoms with E-state index >= 15 is 0 Å². The Bertz CT molecular complexity index is 951. The highest BCUT2D eigenvalue weighted by molar-refractivity contribution is 7.99. The second-order valence-corrected chi connectivity index (χ2v) is 7.31. The number of rotatable bonds is 7. The third-order valence-corrected chi connectivity index (χ3v) is 5.17. The first-order chi connectivity index (χ1) is 13.3. The minimum absolute atomic E-state index is 0.118. The average molecular weight is 411 g/mol. The fourth-order valence-electron chi connectivity index (χ4n) is 2.79. The summed E-state index contributed by atoms with van der Waals surface area (Å²) in [5, 5.41) is 0.538. The molecule has 0 unspecified atom stereocenters. The van der Waals surface area contributed by atoms with Gasteiger partial charge in [-0.3, -0.25) is 4.79 Å². The highest BCUT2D eigenvalue weighted by Crippen LogP contribution is 2.33. The summed E-state index contributed by atoms with van der Waals surface area (Å²) in [5.74, 6) is 0.697. The van der Waals surface area contributed by atoms with Gasteiger partial charge in [-0.25, -0.2) is 4.98 Å². The van der Waals surface area contributed by atoms with Crippen LogP contribution in [0.2, 0.25) is 0 Å². The number of amides is 1. The molecule has 0 atom stereocenters. The fraction of sp³-hybridized carbons (Fsp3) is 0.368. The van der Waals surface area contributed by atoms with Crippen LogP contribution in [-0.2, 0) is 24.1 Å². The number of benzene rings is 1. The standard InChI is InChI=1S/C19H20F3N3O2S/c1-3-8-25-16-10-13(19(20,21)22)6-7-15(16)23-18(25)28-12-17(26)24(2)11-14-5-4-9-27-14/h4-7,9-10H,3,8,11-12H2,1-2H3. The number of hydrogen-bond acceptors (Lipinski definition) is 4. The molecule has 9 heteroatoms. The van der Waals surface area contributed by atoms with E-state index in [4.69, 9.17) is 4.42 Å². The van der Waals surface area contributed by atoms with Gasteiger partial charge in [-0.2, -0.15) is 13.2 Å². The number of aryl methyl sites for hydroxylation is 1. The Kier molecular flexibility index (Phi) is 6.02. The van der Waals surface area contributed by atoms with Gasteiger partial charge in [-0.05, 0) is 36.8 Å². The van der Waals surface area contributed by atoms with Crippen LogP contribution in [0.15, 0.2) is 46.2 Å². The van der Waals surface area contributed by atoms with Gasteiger partial charge in [0.1, 0.15) is 5.76 Å². The van der Waals surface area contributed by atoms with E-state index in [-0.39, 0.29) is 11.7 Å². The zero-order chi connectivity index (χ0) is 20.3. The van der Waals surface area contributed by atoms with Crippen molar-refractivity contribution in [2.75, 3.05) is 12.8 Å². The van der Waals surface area contributed by atoms with Gasteiger partial charge in [0.15, 0.2) is 5.16 Å². The fourth-order valence-corrected chi connectivity index (χ4v) is 3.77. The van der Waals surface area contributed by atoms with Gasteiger partial charge in [0, 0.05) is 13.6 Å². The molecule has 150 valence electrons. The molecule has 3 rings (SSSR count).